The van der Waals surface area contributed by atoms with E-state index in [1.807, 2.05) is 17.8 Å². The summed E-state index contributed by atoms with van der Waals surface area (Å²) in [4.78, 5) is 0. The van der Waals surface area contributed by atoms with Gasteiger partial charge in [-0.1, -0.05) is 23.7 Å². The molecule has 1 aromatic carbocycles. The average molecular weight is 242 g/mol. The van der Waals surface area contributed by atoms with Gasteiger partial charge in [-0.15, -0.1) is 0 Å². The minimum atomic E-state index is 0.673. The van der Waals surface area contributed by atoms with Gasteiger partial charge in [-0.05, 0) is 36.3 Å². The lowest BCUT2D eigenvalue weighted by atomic mass is 10.1. The molecule has 1 aromatic rings. The van der Waals surface area contributed by atoms with Gasteiger partial charge in [0, 0.05) is 23.4 Å². The third-order valence-corrected chi connectivity index (χ3v) is 4.23. The van der Waals surface area contributed by atoms with Gasteiger partial charge in [0.15, 0.2) is 0 Å². The van der Waals surface area contributed by atoms with Gasteiger partial charge in [-0.25, -0.2) is 0 Å². The molecule has 1 nitrogen and oxygen atoms in total. The first-order valence-electron chi connectivity index (χ1n) is 5.32. The molecule has 0 aromatic heterocycles. The number of halogens is 1. The summed E-state index contributed by atoms with van der Waals surface area (Å²) in [5.41, 5.74) is 2.43. The molecule has 0 aliphatic carbocycles. The van der Waals surface area contributed by atoms with Crippen molar-refractivity contribution in [1.29, 1.82) is 0 Å². The maximum atomic E-state index is 6.17. The molecule has 1 atom stereocenters. The Balaban J connectivity index is 1.92. The molecule has 1 heterocycles. The summed E-state index contributed by atoms with van der Waals surface area (Å²) in [5, 5.41) is 4.44. The molecule has 1 N–H and O–H groups in total. The van der Waals surface area contributed by atoms with Crippen LogP contribution >= 0.6 is 23.4 Å². The number of aryl methyl sites for hydroxylation is 1. The lowest BCUT2D eigenvalue weighted by Gasteiger charge is -2.12. The van der Waals surface area contributed by atoms with Crippen molar-refractivity contribution in [2.45, 2.75) is 25.9 Å². The molecule has 15 heavy (non-hydrogen) atoms. The first kappa shape index (κ1) is 11.3. The summed E-state index contributed by atoms with van der Waals surface area (Å²) in [6.07, 6.45) is 1.29. The quantitative estimate of drug-likeness (QED) is 0.872. The van der Waals surface area contributed by atoms with E-state index >= 15 is 0 Å². The summed E-state index contributed by atoms with van der Waals surface area (Å²) < 4.78 is 0. The molecule has 82 valence electrons. The number of benzene rings is 1. The van der Waals surface area contributed by atoms with Crippen LogP contribution < -0.4 is 5.32 Å². The molecule has 1 saturated heterocycles. The Morgan fingerprint density at radius 3 is 3.07 bits per heavy atom. The van der Waals surface area contributed by atoms with Crippen LogP contribution in [0.4, 0.5) is 0 Å². The monoisotopic (exact) mass is 241 g/mol. The number of hydrogen-bond donors (Lipinski definition) is 1. The van der Waals surface area contributed by atoms with Crippen LogP contribution in [0.1, 0.15) is 17.5 Å². The van der Waals surface area contributed by atoms with Crippen molar-refractivity contribution in [2.24, 2.45) is 0 Å². The average Bonchev–Trinajstić information content (AvgIpc) is 2.69. The zero-order chi connectivity index (χ0) is 10.7. The molecule has 1 aliphatic rings. The SMILES string of the molecule is Cc1ccc(CNC2CCSC2)c(Cl)c1. The van der Waals surface area contributed by atoms with Crippen molar-refractivity contribution < 1.29 is 0 Å². The highest BCUT2D eigenvalue weighted by Crippen LogP contribution is 2.20. The van der Waals surface area contributed by atoms with E-state index in [-0.39, 0.29) is 0 Å². The van der Waals surface area contributed by atoms with Gasteiger partial charge in [0.1, 0.15) is 0 Å². The topological polar surface area (TPSA) is 12.0 Å². The second-order valence-corrected chi connectivity index (χ2v) is 5.59. The standard InChI is InChI=1S/C12H16ClNS/c1-9-2-3-10(12(13)6-9)7-14-11-4-5-15-8-11/h2-3,6,11,14H,4-5,7-8H2,1H3. The van der Waals surface area contributed by atoms with Crippen molar-refractivity contribution in [3.05, 3.63) is 34.3 Å². The Hall–Kier alpha value is -0.180. The van der Waals surface area contributed by atoms with E-state index in [2.05, 4.69) is 24.4 Å². The van der Waals surface area contributed by atoms with E-state index in [0.29, 0.717) is 6.04 Å². The fraction of sp³-hybridized carbons (Fsp3) is 0.500. The van der Waals surface area contributed by atoms with Crippen LogP contribution in [-0.2, 0) is 6.54 Å². The lowest BCUT2D eigenvalue weighted by Crippen LogP contribution is -2.28. The highest BCUT2D eigenvalue weighted by atomic mass is 35.5. The van der Waals surface area contributed by atoms with Gasteiger partial charge in [0.05, 0.1) is 0 Å². The van der Waals surface area contributed by atoms with Crippen molar-refractivity contribution in [3.63, 3.8) is 0 Å². The molecule has 1 aliphatic heterocycles. The van der Waals surface area contributed by atoms with Crippen molar-refractivity contribution >= 4 is 23.4 Å². The van der Waals surface area contributed by atoms with Gasteiger partial charge in [0.2, 0.25) is 0 Å². The van der Waals surface area contributed by atoms with Crippen LogP contribution in [-0.4, -0.2) is 17.5 Å². The largest absolute Gasteiger partial charge is 0.309 e. The molecule has 0 saturated carbocycles. The summed E-state index contributed by atoms with van der Waals surface area (Å²) in [5.74, 6) is 2.53. The molecule has 0 amide bonds. The molecule has 0 spiro atoms. The smallest absolute Gasteiger partial charge is 0.0453 e. The van der Waals surface area contributed by atoms with Crippen LogP contribution in [0.25, 0.3) is 0 Å². The minimum absolute atomic E-state index is 0.673. The van der Waals surface area contributed by atoms with Gasteiger partial charge < -0.3 is 5.32 Å². The second kappa shape index (κ2) is 5.24. The van der Waals surface area contributed by atoms with Crippen LogP contribution in [0.15, 0.2) is 18.2 Å². The van der Waals surface area contributed by atoms with Gasteiger partial charge >= 0.3 is 0 Å². The van der Waals surface area contributed by atoms with E-state index in [9.17, 15) is 0 Å². The number of nitrogens with one attached hydrogen (secondary N) is 1. The van der Waals surface area contributed by atoms with Crippen LogP contribution in [0.5, 0.6) is 0 Å². The van der Waals surface area contributed by atoms with Crippen LogP contribution in [0.2, 0.25) is 5.02 Å². The maximum Gasteiger partial charge on any atom is 0.0453 e. The van der Waals surface area contributed by atoms with Crippen LogP contribution in [0, 0.1) is 6.92 Å². The van der Waals surface area contributed by atoms with Crippen LogP contribution in [0.3, 0.4) is 0 Å². The Morgan fingerprint density at radius 1 is 1.53 bits per heavy atom. The number of rotatable bonds is 3. The highest BCUT2D eigenvalue weighted by molar-refractivity contribution is 7.99. The van der Waals surface area contributed by atoms with Crippen molar-refractivity contribution in [3.8, 4) is 0 Å². The molecule has 2 rings (SSSR count). The van der Waals surface area contributed by atoms with E-state index in [1.165, 1.54) is 29.1 Å². The van der Waals surface area contributed by atoms with Crippen molar-refractivity contribution in [2.75, 3.05) is 11.5 Å². The Kier molecular flexibility index (Phi) is 3.95. The molecule has 1 fully saturated rings. The van der Waals surface area contributed by atoms with E-state index in [1.54, 1.807) is 0 Å². The minimum Gasteiger partial charge on any atom is -0.309 e. The fourth-order valence-corrected chi connectivity index (χ4v) is 3.23. The highest BCUT2D eigenvalue weighted by Gasteiger charge is 2.14. The molecule has 1 unspecified atom stereocenters. The number of hydrogen-bond acceptors (Lipinski definition) is 2. The first-order chi connectivity index (χ1) is 7.25. The van der Waals surface area contributed by atoms with Gasteiger partial charge in [-0.3, -0.25) is 0 Å². The Morgan fingerprint density at radius 2 is 2.40 bits per heavy atom. The fourth-order valence-electron chi connectivity index (χ4n) is 1.75. The van der Waals surface area contributed by atoms with Gasteiger partial charge in [0.25, 0.3) is 0 Å². The third kappa shape index (κ3) is 3.13. The third-order valence-electron chi connectivity index (χ3n) is 2.72. The summed E-state index contributed by atoms with van der Waals surface area (Å²) >= 11 is 8.20. The molecular weight excluding hydrogens is 226 g/mol. The zero-order valence-electron chi connectivity index (χ0n) is 8.92. The predicted molar refractivity (Wildman–Crippen MR) is 68.8 cm³/mol. The second-order valence-electron chi connectivity index (χ2n) is 4.04. The lowest BCUT2D eigenvalue weighted by molar-refractivity contribution is 0.558. The maximum absolute atomic E-state index is 6.17. The van der Waals surface area contributed by atoms with E-state index < -0.39 is 0 Å². The van der Waals surface area contributed by atoms with E-state index in [4.69, 9.17) is 11.6 Å². The molecule has 0 radical (unpaired) electrons. The summed E-state index contributed by atoms with van der Waals surface area (Å²) in [6.45, 7) is 2.96. The Labute approximate surface area is 101 Å². The Bertz CT molecular complexity index is 334. The first-order valence-corrected chi connectivity index (χ1v) is 6.85. The molecular formula is C12H16ClNS. The summed E-state index contributed by atoms with van der Waals surface area (Å²) in [6, 6.07) is 6.94. The number of thioether (sulfide) groups is 1. The molecule has 3 heteroatoms. The zero-order valence-corrected chi connectivity index (χ0v) is 10.5. The van der Waals surface area contributed by atoms with E-state index in [0.717, 1.165) is 11.6 Å². The van der Waals surface area contributed by atoms with Crippen molar-refractivity contribution in [1.82, 2.24) is 5.32 Å². The molecule has 0 bridgehead atoms. The summed E-state index contributed by atoms with van der Waals surface area (Å²) in [7, 11) is 0. The normalized spacial score (nSPS) is 20.8. The van der Waals surface area contributed by atoms with Gasteiger partial charge in [-0.2, -0.15) is 11.8 Å². The predicted octanol–water partition coefficient (Wildman–Crippen LogP) is 3.24.